The maximum atomic E-state index is 9.01. The van der Waals surface area contributed by atoms with Crippen molar-refractivity contribution in [3.8, 4) is 6.07 Å². The van der Waals surface area contributed by atoms with Crippen molar-refractivity contribution in [2.75, 3.05) is 0 Å². The molecule has 0 saturated carbocycles. The minimum absolute atomic E-state index is 0.670. The molecule has 0 spiro atoms. The van der Waals surface area contributed by atoms with Crippen LogP contribution in [0.1, 0.15) is 5.56 Å². The van der Waals surface area contributed by atoms with Crippen LogP contribution in [-0.4, -0.2) is 0 Å². The van der Waals surface area contributed by atoms with Crippen LogP contribution in [-0.2, 0) is 0 Å². The fraction of sp³-hybridized carbons (Fsp3) is 0. The van der Waals surface area contributed by atoms with Gasteiger partial charge in [0.05, 0.1) is 11.6 Å². The van der Waals surface area contributed by atoms with Gasteiger partial charge in [0.25, 0.3) is 0 Å². The molecule has 0 fully saturated rings. The fourth-order valence-corrected chi connectivity index (χ4v) is 3.16. The number of halogens is 1. The highest BCUT2D eigenvalue weighted by molar-refractivity contribution is 9.10. The third kappa shape index (κ3) is 1.55. The van der Waals surface area contributed by atoms with E-state index in [0.29, 0.717) is 5.56 Å². The normalized spacial score (nSPS) is 11.2. The van der Waals surface area contributed by atoms with Crippen molar-refractivity contribution in [1.29, 1.82) is 5.26 Å². The lowest BCUT2D eigenvalue weighted by atomic mass is 10.0. The summed E-state index contributed by atoms with van der Waals surface area (Å²) in [4.78, 5) is 0. The van der Waals surface area contributed by atoms with E-state index in [1.165, 1.54) is 0 Å². The van der Waals surface area contributed by atoms with Crippen molar-refractivity contribution in [2.24, 2.45) is 0 Å². The Morgan fingerprint density at radius 2 is 1.85 bits per heavy atom. The summed E-state index contributed by atoms with van der Waals surface area (Å²) in [5, 5.41) is 13.3. The molecule has 4 rings (SSSR count). The van der Waals surface area contributed by atoms with Gasteiger partial charge >= 0.3 is 0 Å². The highest BCUT2D eigenvalue weighted by Gasteiger charge is 2.10. The lowest BCUT2D eigenvalue weighted by Crippen LogP contribution is -1.77. The molecular formula is C17H8BrNO. The van der Waals surface area contributed by atoms with Crippen LogP contribution >= 0.6 is 15.9 Å². The van der Waals surface area contributed by atoms with Gasteiger partial charge in [0, 0.05) is 15.2 Å². The molecule has 0 atom stereocenters. The van der Waals surface area contributed by atoms with E-state index in [2.05, 4.69) is 28.1 Å². The van der Waals surface area contributed by atoms with Crippen LogP contribution in [0.2, 0.25) is 0 Å². The van der Waals surface area contributed by atoms with Crippen LogP contribution in [0.4, 0.5) is 0 Å². The topological polar surface area (TPSA) is 36.9 Å². The highest BCUT2D eigenvalue weighted by atomic mass is 79.9. The summed E-state index contributed by atoms with van der Waals surface area (Å²) in [5.41, 5.74) is 2.40. The number of rotatable bonds is 0. The summed E-state index contributed by atoms with van der Waals surface area (Å²) >= 11 is 3.58. The number of nitriles is 1. The quantitative estimate of drug-likeness (QED) is 0.436. The van der Waals surface area contributed by atoms with Crippen molar-refractivity contribution < 1.29 is 4.42 Å². The summed E-state index contributed by atoms with van der Waals surface area (Å²) in [5.74, 6) is 0. The van der Waals surface area contributed by atoms with Crippen molar-refractivity contribution >= 4 is 48.6 Å². The van der Waals surface area contributed by atoms with Gasteiger partial charge in [-0.05, 0) is 47.2 Å². The van der Waals surface area contributed by atoms with Crippen LogP contribution in [0.25, 0.3) is 32.7 Å². The molecular weight excluding hydrogens is 314 g/mol. The molecule has 0 radical (unpaired) electrons. The van der Waals surface area contributed by atoms with Crippen LogP contribution in [0.3, 0.4) is 0 Å². The Hall–Kier alpha value is -2.31. The van der Waals surface area contributed by atoms with Gasteiger partial charge < -0.3 is 4.42 Å². The van der Waals surface area contributed by atoms with E-state index in [-0.39, 0.29) is 0 Å². The zero-order valence-electron chi connectivity index (χ0n) is 10.4. The molecule has 0 amide bonds. The molecule has 20 heavy (non-hydrogen) atoms. The van der Waals surface area contributed by atoms with Crippen LogP contribution in [0, 0.1) is 11.3 Å². The van der Waals surface area contributed by atoms with Gasteiger partial charge in [0.2, 0.25) is 0 Å². The second-order valence-electron chi connectivity index (χ2n) is 4.74. The van der Waals surface area contributed by atoms with Crippen LogP contribution in [0.5, 0.6) is 0 Å². The molecule has 0 unspecified atom stereocenters. The Morgan fingerprint density at radius 3 is 2.70 bits per heavy atom. The van der Waals surface area contributed by atoms with E-state index in [9.17, 15) is 0 Å². The number of nitrogens with zero attached hydrogens (tertiary/aromatic N) is 1. The molecule has 0 aliphatic heterocycles. The first kappa shape index (κ1) is 11.5. The second kappa shape index (κ2) is 4.09. The lowest BCUT2D eigenvalue weighted by molar-refractivity contribution is 0.669. The van der Waals surface area contributed by atoms with E-state index in [4.69, 9.17) is 9.68 Å². The van der Waals surface area contributed by atoms with Gasteiger partial charge in [0.15, 0.2) is 0 Å². The molecule has 3 aromatic carbocycles. The molecule has 94 valence electrons. The zero-order valence-corrected chi connectivity index (χ0v) is 11.9. The molecule has 0 N–H and O–H groups in total. The standard InChI is InChI=1S/C17H8BrNO/c18-14-2-1-3-15-17(14)13-7-12-6-10(9-19)4-5-11(12)8-16(13)20-15/h1-8H. The van der Waals surface area contributed by atoms with Crippen LogP contribution < -0.4 is 0 Å². The number of hydrogen-bond donors (Lipinski definition) is 0. The van der Waals surface area contributed by atoms with Crippen molar-refractivity contribution in [1.82, 2.24) is 0 Å². The van der Waals surface area contributed by atoms with Crippen molar-refractivity contribution in [3.63, 3.8) is 0 Å². The predicted molar refractivity (Wildman–Crippen MR) is 83.6 cm³/mol. The van der Waals surface area contributed by atoms with Crippen molar-refractivity contribution in [2.45, 2.75) is 0 Å². The number of furan rings is 1. The maximum absolute atomic E-state index is 9.01. The van der Waals surface area contributed by atoms with Gasteiger partial charge in [-0.1, -0.05) is 28.1 Å². The van der Waals surface area contributed by atoms with E-state index in [0.717, 1.165) is 37.2 Å². The molecule has 0 aliphatic rings. The first-order chi connectivity index (χ1) is 9.76. The maximum Gasteiger partial charge on any atom is 0.136 e. The minimum Gasteiger partial charge on any atom is -0.456 e. The SMILES string of the molecule is N#Cc1ccc2cc3oc4cccc(Br)c4c3cc2c1. The van der Waals surface area contributed by atoms with E-state index in [1.807, 2.05) is 42.5 Å². The number of benzene rings is 3. The smallest absolute Gasteiger partial charge is 0.136 e. The fourth-order valence-electron chi connectivity index (χ4n) is 2.60. The first-order valence-corrected chi connectivity index (χ1v) is 7.00. The summed E-state index contributed by atoms with van der Waals surface area (Å²) < 4.78 is 6.92. The summed E-state index contributed by atoms with van der Waals surface area (Å²) in [6.07, 6.45) is 0. The van der Waals surface area contributed by atoms with E-state index in [1.54, 1.807) is 0 Å². The third-order valence-corrected chi connectivity index (χ3v) is 4.19. The molecule has 4 aromatic rings. The number of hydrogen-bond acceptors (Lipinski definition) is 2. The second-order valence-corrected chi connectivity index (χ2v) is 5.59. The Balaban J connectivity index is 2.21. The average molecular weight is 322 g/mol. The Bertz CT molecular complexity index is 1020. The molecule has 1 heterocycles. The number of fused-ring (bicyclic) bond motifs is 4. The van der Waals surface area contributed by atoms with Gasteiger partial charge in [0.1, 0.15) is 11.2 Å². The third-order valence-electron chi connectivity index (χ3n) is 3.53. The van der Waals surface area contributed by atoms with Crippen molar-refractivity contribution in [3.05, 3.63) is 58.6 Å². The molecule has 0 saturated heterocycles. The van der Waals surface area contributed by atoms with E-state index < -0.39 is 0 Å². The molecule has 0 bridgehead atoms. The van der Waals surface area contributed by atoms with Gasteiger partial charge in [-0.3, -0.25) is 0 Å². The highest BCUT2D eigenvalue weighted by Crippen LogP contribution is 2.36. The van der Waals surface area contributed by atoms with Gasteiger partial charge in [-0.15, -0.1) is 0 Å². The largest absolute Gasteiger partial charge is 0.456 e. The minimum atomic E-state index is 0.670. The summed E-state index contributed by atoms with van der Waals surface area (Å²) in [6.45, 7) is 0. The monoisotopic (exact) mass is 321 g/mol. The predicted octanol–water partition coefficient (Wildman–Crippen LogP) is 5.37. The molecule has 2 nitrogen and oxygen atoms in total. The summed E-state index contributed by atoms with van der Waals surface area (Å²) in [6, 6.07) is 17.9. The summed E-state index contributed by atoms with van der Waals surface area (Å²) in [7, 11) is 0. The van der Waals surface area contributed by atoms with Crippen LogP contribution in [0.15, 0.2) is 57.4 Å². The molecule has 0 aliphatic carbocycles. The molecule has 3 heteroatoms. The van der Waals surface area contributed by atoms with Gasteiger partial charge in [-0.25, -0.2) is 0 Å². The lowest BCUT2D eigenvalue weighted by Gasteiger charge is -1.99. The van der Waals surface area contributed by atoms with E-state index >= 15 is 0 Å². The Kier molecular flexibility index (Phi) is 2.35. The molecule has 1 aromatic heterocycles. The van der Waals surface area contributed by atoms with Gasteiger partial charge in [-0.2, -0.15) is 5.26 Å². The Morgan fingerprint density at radius 1 is 0.950 bits per heavy atom. The Labute approximate surface area is 123 Å². The zero-order chi connectivity index (χ0) is 13.7. The first-order valence-electron chi connectivity index (χ1n) is 6.21. The average Bonchev–Trinajstić information content (AvgIpc) is 2.82.